The first-order chi connectivity index (χ1) is 9.54. The first kappa shape index (κ1) is 18.3. The molecule has 1 atom stereocenters. The van der Waals surface area contributed by atoms with Gasteiger partial charge in [0, 0.05) is 32.2 Å². The maximum atomic E-state index is 13.2. The summed E-state index contributed by atoms with van der Waals surface area (Å²) in [6.07, 6.45) is -2.65. The summed E-state index contributed by atoms with van der Waals surface area (Å²) in [7, 11) is 0. The molecule has 1 saturated heterocycles. The highest BCUT2D eigenvalue weighted by atomic mass is 35.5. The van der Waals surface area contributed by atoms with Crippen LogP contribution in [0.2, 0.25) is 0 Å². The molecule has 0 unspecified atom stereocenters. The van der Waals surface area contributed by atoms with E-state index in [0.29, 0.717) is 5.56 Å². The molecule has 0 amide bonds. The molecule has 1 aliphatic heterocycles. The lowest BCUT2D eigenvalue weighted by molar-refractivity contribution is -0.138. The Balaban J connectivity index is 0.00000220. The lowest BCUT2D eigenvalue weighted by Gasteiger charge is -2.36. The second-order valence-electron chi connectivity index (χ2n) is 5.18. The second kappa shape index (κ2) is 8.01. The standard InChI is InChI=1S/C15H21F3N2.ClH/c1-2-5-14(20-10-8-19-9-11-20)12-6-3-4-7-13(12)15(16,17)18;/h3-4,6-7,14,19H,2,5,8-11H2,1H3;1H/t14-;/m0./s1. The van der Waals surface area contributed by atoms with E-state index in [9.17, 15) is 13.2 Å². The molecule has 0 aromatic heterocycles. The van der Waals surface area contributed by atoms with Crippen LogP contribution in [0.5, 0.6) is 0 Å². The maximum Gasteiger partial charge on any atom is 0.416 e. The molecule has 1 fully saturated rings. The fraction of sp³-hybridized carbons (Fsp3) is 0.600. The zero-order chi connectivity index (χ0) is 14.6. The summed E-state index contributed by atoms with van der Waals surface area (Å²) >= 11 is 0. The quantitative estimate of drug-likeness (QED) is 0.905. The molecule has 1 heterocycles. The number of alkyl halides is 3. The van der Waals surface area contributed by atoms with E-state index in [2.05, 4.69) is 10.2 Å². The molecule has 21 heavy (non-hydrogen) atoms. The van der Waals surface area contributed by atoms with Gasteiger partial charge in [0.05, 0.1) is 5.56 Å². The van der Waals surface area contributed by atoms with Crippen molar-refractivity contribution >= 4 is 12.4 Å². The van der Waals surface area contributed by atoms with E-state index < -0.39 is 11.7 Å². The van der Waals surface area contributed by atoms with E-state index in [-0.39, 0.29) is 18.4 Å². The van der Waals surface area contributed by atoms with Crippen LogP contribution in [0, 0.1) is 0 Å². The van der Waals surface area contributed by atoms with Crippen LogP contribution in [0.3, 0.4) is 0 Å². The van der Waals surface area contributed by atoms with Crippen molar-refractivity contribution in [2.75, 3.05) is 26.2 Å². The van der Waals surface area contributed by atoms with Crippen LogP contribution in [0.1, 0.15) is 36.9 Å². The third kappa shape index (κ3) is 4.59. The van der Waals surface area contributed by atoms with E-state index >= 15 is 0 Å². The van der Waals surface area contributed by atoms with Crippen LogP contribution < -0.4 is 5.32 Å². The molecule has 6 heteroatoms. The summed E-state index contributed by atoms with van der Waals surface area (Å²) in [5.74, 6) is 0. The summed E-state index contributed by atoms with van der Waals surface area (Å²) in [5, 5.41) is 3.24. The highest BCUT2D eigenvalue weighted by Crippen LogP contribution is 2.37. The zero-order valence-corrected chi connectivity index (χ0v) is 12.9. The largest absolute Gasteiger partial charge is 0.416 e. The topological polar surface area (TPSA) is 15.3 Å². The third-order valence-corrected chi connectivity index (χ3v) is 3.78. The fourth-order valence-electron chi connectivity index (χ4n) is 2.85. The molecule has 2 rings (SSSR count). The number of hydrogen-bond acceptors (Lipinski definition) is 2. The van der Waals surface area contributed by atoms with Crippen LogP contribution in [0.25, 0.3) is 0 Å². The number of hydrogen-bond donors (Lipinski definition) is 1. The summed E-state index contributed by atoms with van der Waals surface area (Å²) in [6, 6.07) is 5.85. The van der Waals surface area contributed by atoms with Crippen molar-refractivity contribution in [2.45, 2.75) is 32.0 Å². The molecule has 1 aromatic carbocycles. The Bertz CT molecular complexity index is 431. The Morgan fingerprint density at radius 3 is 2.38 bits per heavy atom. The Morgan fingerprint density at radius 2 is 1.81 bits per heavy atom. The average molecular weight is 323 g/mol. The van der Waals surface area contributed by atoms with Crippen LogP contribution in [-0.4, -0.2) is 31.1 Å². The third-order valence-electron chi connectivity index (χ3n) is 3.78. The molecule has 120 valence electrons. The smallest absolute Gasteiger partial charge is 0.314 e. The van der Waals surface area contributed by atoms with Gasteiger partial charge in [-0.05, 0) is 18.1 Å². The molecule has 1 N–H and O–H groups in total. The Hall–Kier alpha value is -0.780. The molecule has 1 aromatic rings. The number of rotatable bonds is 4. The van der Waals surface area contributed by atoms with E-state index in [1.165, 1.54) is 12.1 Å². The minimum atomic E-state index is -4.28. The molecule has 2 nitrogen and oxygen atoms in total. The van der Waals surface area contributed by atoms with E-state index in [1.54, 1.807) is 12.1 Å². The van der Waals surface area contributed by atoms with Crippen molar-refractivity contribution in [3.05, 3.63) is 35.4 Å². The summed E-state index contributed by atoms with van der Waals surface area (Å²) in [5.41, 5.74) is -0.0688. The van der Waals surface area contributed by atoms with E-state index in [4.69, 9.17) is 0 Å². The van der Waals surface area contributed by atoms with E-state index in [0.717, 1.165) is 39.0 Å². The summed E-state index contributed by atoms with van der Waals surface area (Å²) in [6.45, 7) is 5.31. The van der Waals surface area contributed by atoms with Gasteiger partial charge in [0.1, 0.15) is 0 Å². The maximum absolute atomic E-state index is 13.2. The number of halogens is 4. The van der Waals surface area contributed by atoms with Crippen molar-refractivity contribution in [1.82, 2.24) is 10.2 Å². The number of benzene rings is 1. The monoisotopic (exact) mass is 322 g/mol. The van der Waals surface area contributed by atoms with Crippen LogP contribution >= 0.6 is 12.4 Å². The molecular weight excluding hydrogens is 301 g/mol. The first-order valence-electron chi connectivity index (χ1n) is 7.15. The van der Waals surface area contributed by atoms with Crippen molar-refractivity contribution in [3.63, 3.8) is 0 Å². The Morgan fingerprint density at radius 1 is 1.19 bits per heavy atom. The molecule has 0 radical (unpaired) electrons. The first-order valence-corrected chi connectivity index (χ1v) is 7.15. The molecule has 0 saturated carbocycles. The average Bonchev–Trinajstić information content (AvgIpc) is 2.45. The minimum absolute atomic E-state index is 0. The van der Waals surface area contributed by atoms with Gasteiger partial charge in [-0.25, -0.2) is 0 Å². The zero-order valence-electron chi connectivity index (χ0n) is 12.1. The second-order valence-corrected chi connectivity index (χ2v) is 5.18. The highest BCUT2D eigenvalue weighted by molar-refractivity contribution is 5.85. The summed E-state index contributed by atoms with van der Waals surface area (Å²) in [4.78, 5) is 2.17. The lowest BCUT2D eigenvalue weighted by atomic mass is 9.94. The fourth-order valence-corrected chi connectivity index (χ4v) is 2.85. The van der Waals surface area contributed by atoms with Gasteiger partial charge in [-0.1, -0.05) is 31.5 Å². The number of nitrogens with one attached hydrogen (secondary N) is 1. The van der Waals surface area contributed by atoms with Gasteiger partial charge < -0.3 is 5.32 Å². The SMILES string of the molecule is CCC[C@@H](c1ccccc1C(F)(F)F)N1CCNCC1.Cl. The van der Waals surface area contributed by atoms with E-state index in [1.807, 2.05) is 6.92 Å². The molecule has 0 bridgehead atoms. The van der Waals surface area contributed by atoms with Gasteiger partial charge in [-0.15, -0.1) is 12.4 Å². The van der Waals surface area contributed by atoms with Gasteiger partial charge >= 0.3 is 6.18 Å². The summed E-state index contributed by atoms with van der Waals surface area (Å²) < 4.78 is 39.6. The van der Waals surface area contributed by atoms with Gasteiger partial charge in [-0.2, -0.15) is 13.2 Å². The molecule has 0 aliphatic carbocycles. The van der Waals surface area contributed by atoms with Crippen LogP contribution in [0.4, 0.5) is 13.2 Å². The Labute approximate surface area is 130 Å². The van der Waals surface area contributed by atoms with Gasteiger partial charge in [0.25, 0.3) is 0 Å². The van der Waals surface area contributed by atoms with Crippen molar-refractivity contribution in [2.24, 2.45) is 0 Å². The van der Waals surface area contributed by atoms with Gasteiger partial charge in [-0.3, -0.25) is 4.90 Å². The Kier molecular flexibility index (Phi) is 6.97. The molecular formula is C15H22ClF3N2. The minimum Gasteiger partial charge on any atom is -0.314 e. The predicted molar refractivity (Wildman–Crippen MR) is 80.8 cm³/mol. The van der Waals surface area contributed by atoms with Crippen molar-refractivity contribution in [3.8, 4) is 0 Å². The van der Waals surface area contributed by atoms with Gasteiger partial charge in [0.2, 0.25) is 0 Å². The lowest BCUT2D eigenvalue weighted by Crippen LogP contribution is -2.45. The molecule has 1 aliphatic rings. The van der Waals surface area contributed by atoms with Crippen LogP contribution in [-0.2, 0) is 6.18 Å². The van der Waals surface area contributed by atoms with Crippen LogP contribution in [0.15, 0.2) is 24.3 Å². The highest BCUT2D eigenvalue weighted by Gasteiger charge is 2.36. The normalized spacial score (nSPS) is 18.1. The molecule has 0 spiro atoms. The van der Waals surface area contributed by atoms with Gasteiger partial charge in [0.15, 0.2) is 0 Å². The number of piperazine rings is 1. The number of nitrogens with zero attached hydrogens (tertiary/aromatic N) is 1. The van der Waals surface area contributed by atoms with Crippen molar-refractivity contribution in [1.29, 1.82) is 0 Å². The van der Waals surface area contributed by atoms with Crippen molar-refractivity contribution < 1.29 is 13.2 Å². The predicted octanol–water partition coefficient (Wildman–Crippen LogP) is 3.87.